The number of carbonyl (C=O) groups excluding carboxylic acids is 1. The van der Waals surface area contributed by atoms with E-state index in [4.69, 9.17) is 0 Å². The topological polar surface area (TPSA) is 29.1 Å². The maximum Gasteiger partial charge on any atom is 0.254 e. The van der Waals surface area contributed by atoms with Crippen LogP contribution in [0.4, 0.5) is 4.39 Å². The highest BCUT2D eigenvalue weighted by atomic mass is 32.1. The van der Waals surface area contributed by atoms with Crippen molar-refractivity contribution < 1.29 is 9.18 Å². The minimum Gasteiger partial charge on any atom is -0.349 e. The fourth-order valence-electron chi connectivity index (χ4n) is 2.05. The molecule has 4 heteroatoms. The maximum absolute atomic E-state index is 13.7. The summed E-state index contributed by atoms with van der Waals surface area (Å²) in [6.45, 7) is 5.78. The molecule has 1 aromatic carbocycles. The van der Waals surface area contributed by atoms with Crippen molar-refractivity contribution in [1.29, 1.82) is 0 Å². The van der Waals surface area contributed by atoms with Gasteiger partial charge in [-0.1, -0.05) is 6.07 Å². The molecule has 0 fully saturated rings. The molecular formula is C16H18FNOS. The van der Waals surface area contributed by atoms with Crippen molar-refractivity contribution in [2.75, 3.05) is 0 Å². The third-order valence-corrected chi connectivity index (χ3v) is 4.07. The Balaban J connectivity index is 2.00. The first-order valence-electron chi connectivity index (χ1n) is 6.58. The zero-order chi connectivity index (χ0) is 14.7. The number of aryl methyl sites for hydroxylation is 2. The van der Waals surface area contributed by atoms with E-state index in [1.165, 1.54) is 21.9 Å². The molecule has 0 aliphatic rings. The number of amides is 1. The van der Waals surface area contributed by atoms with Gasteiger partial charge in [-0.05, 0) is 50.6 Å². The Morgan fingerprint density at radius 2 is 2.05 bits per heavy atom. The predicted octanol–water partition coefficient (Wildman–Crippen LogP) is 3.87. The van der Waals surface area contributed by atoms with E-state index in [0.29, 0.717) is 0 Å². The van der Waals surface area contributed by atoms with Gasteiger partial charge in [-0.2, -0.15) is 0 Å². The van der Waals surface area contributed by atoms with Crippen LogP contribution in [0.3, 0.4) is 0 Å². The zero-order valence-electron chi connectivity index (χ0n) is 11.9. The minimum absolute atomic E-state index is 0.0266. The van der Waals surface area contributed by atoms with Gasteiger partial charge in [-0.25, -0.2) is 4.39 Å². The van der Waals surface area contributed by atoms with Crippen LogP contribution in [-0.4, -0.2) is 11.9 Å². The van der Waals surface area contributed by atoms with E-state index in [2.05, 4.69) is 24.4 Å². The van der Waals surface area contributed by atoms with Gasteiger partial charge in [0.2, 0.25) is 0 Å². The van der Waals surface area contributed by atoms with Crippen LogP contribution in [0.25, 0.3) is 0 Å². The number of benzene rings is 1. The number of thiophene rings is 1. The van der Waals surface area contributed by atoms with E-state index in [0.717, 1.165) is 12.0 Å². The molecule has 2 aromatic rings. The normalized spacial score (nSPS) is 12.2. The molecule has 2 nitrogen and oxygen atoms in total. The van der Waals surface area contributed by atoms with Gasteiger partial charge in [-0.15, -0.1) is 11.3 Å². The molecule has 1 unspecified atom stereocenters. The number of nitrogens with one attached hydrogen (secondary N) is 1. The first-order chi connectivity index (χ1) is 9.45. The summed E-state index contributed by atoms with van der Waals surface area (Å²) in [7, 11) is 0. The summed E-state index contributed by atoms with van der Waals surface area (Å²) in [6.07, 6.45) is 0.762. The van der Waals surface area contributed by atoms with Gasteiger partial charge in [0.25, 0.3) is 5.91 Å². The summed E-state index contributed by atoms with van der Waals surface area (Å²) >= 11 is 1.72. The molecular weight excluding hydrogens is 273 g/mol. The van der Waals surface area contributed by atoms with E-state index in [-0.39, 0.29) is 17.5 Å². The number of rotatable bonds is 4. The molecule has 0 aliphatic carbocycles. The van der Waals surface area contributed by atoms with E-state index >= 15 is 0 Å². The Morgan fingerprint density at radius 1 is 1.30 bits per heavy atom. The molecule has 20 heavy (non-hydrogen) atoms. The lowest BCUT2D eigenvalue weighted by Gasteiger charge is -2.13. The molecule has 0 radical (unpaired) electrons. The molecule has 1 N–H and O–H groups in total. The van der Waals surface area contributed by atoms with Gasteiger partial charge in [-0.3, -0.25) is 4.79 Å². The second-order valence-electron chi connectivity index (χ2n) is 5.07. The fraction of sp³-hybridized carbons (Fsp3) is 0.312. The van der Waals surface area contributed by atoms with Crippen molar-refractivity contribution in [3.63, 3.8) is 0 Å². The predicted molar refractivity (Wildman–Crippen MR) is 80.8 cm³/mol. The van der Waals surface area contributed by atoms with Gasteiger partial charge < -0.3 is 5.32 Å². The van der Waals surface area contributed by atoms with Crippen LogP contribution in [-0.2, 0) is 6.42 Å². The monoisotopic (exact) mass is 291 g/mol. The average molecular weight is 291 g/mol. The number of carbonyl (C=O) groups is 1. The third kappa shape index (κ3) is 3.67. The molecule has 0 saturated heterocycles. The van der Waals surface area contributed by atoms with Crippen molar-refractivity contribution in [2.24, 2.45) is 0 Å². The Bertz CT molecular complexity index is 621. The molecule has 1 aromatic heterocycles. The molecule has 0 spiro atoms. The van der Waals surface area contributed by atoms with E-state index in [9.17, 15) is 9.18 Å². The van der Waals surface area contributed by atoms with E-state index < -0.39 is 5.82 Å². The Morgan fingerprint density at radius 3 is 2.65 bits per heavy atom. The van der Waals surface area contributed by atoms with Crippen molar-refractivity contribution >= 4 is 17.2 Å². The van der Waals surface area contributed by atoms with Gasteiger partial charge >= 0.3 is 0 Å². The quantitative estimate of drug-likeness (QED) is 0.910. The highest BCUT2D eigenvalue weighted by molar-refractivity contribution is 7.11. The largest absolute Gasteiger partial charge is 0.349 e. The summed E-state index contributed by atoms with van der Waals surface area (Å²) < 4.78 is 13.7. The summed E-state index contributed by atoms with van der Waals surface area (Å²) in [5, 5.41) is 2.84. The lowest BCUT2D eigenvalue weighted by atomic mass is 10.1. The number of hydrogen-bond acceptors (Lipinski definition) is 2. The van der Waals surface area contributed by atoms with Gasteiger partial charge in [0.15, 0.2) is 0 Å². The number of hydrogen-bond donors (Lipinski definition) is 1. The molecule has 1 atom stereocenters. The molecule has 1 heterocycles. The van der Waals surface area contributed by atoms with Crippen molar-refractivity contribution in [3.05, 3.63) is 57.0 Å². The van der Waals surface area contributed by atoms with Gasteiger partial charge in [0.1, 0.15) is 5.82 Å². The third-order valence-electron chi connectivity index (χ3n) is 3.05. The summed E-state index contributed by atoms with van der Waals surface area (Å²) in [4.78, 5) is 14.5. The van der Waals surface area contributed by atoms with Crippen molar-refractivity contribution in [3.8, 4) is 0 Å². The standard InChI is InChI=1S/C16H18FNOS/c1-10-4-7-14(15(17)8-10)16(19)18-11(2)9-13-6-5-12(3)20-13/h4-8,11H,9H2,1-3H3,(H,18,19). The van der Waals surface area contributed by atoms with E-state index in [1.54, 1.807) is 24.3 Å². The van der Waals surface area contributed by atoms with Crippen LogP contribution in [0.5, 0.6) is 0 Å². The van der Waals surface area contributed by atoms with Crippen LogP contribution < -0.4 is 5.32 Å². The van der Waals surface area contributed by atoms with Crippen LogP contribution in [0.1, 0.15) is 32.6 Å². The fourth-order valence-corrected chi connectivity index (χ4v) is 3.07. The molecule has 1 amide bonds. The van der Waals surface area contributed by atoms with Crippen molar-refractivity contribution in [2.45, 2.75) is 33.2 Å². The molecule has 0 aliphatic heterocycles. The minimum atomic E-state index is -0.471. The van der Waals surface area contributed by atoms with Gasteiger partial charge in [0.05, 0.1) is 5.56 Å². The summed E-state index contributed by atoms with van der Waals surface area (Å²) in [6, 6.07) is 8.75. The SMILES string of the molecule is Cc1ccc(C(=O)NC(C)Cc2ccc(C)s2)c(F)c1. The van der Waals surface area contributed by atoms with Crippen LogP contribution in [0.15, 0.2) is 30.3 Å². The van der Waals surface area contributed by atoms with Crippen LogP contribution in [0, 0.1) is 19.7 Å². The second kappa shape index (κ2) is 6.18. The second-order valence-corrected chi connectivity index (χ2v) is 6.45. The molecule has 0 bridgehead atoms. The first kappa shape index (κ1) is 14.7. The lowest BCUT2D eigenvalue weighted by molar-refractivity contribution is 0.0936. The highest BCUT2D eigenvalue weighted by Gasteiger charge is 2.14. The summed E-state index contributed by atoms with van der Waals surface area (Å²) in [5.41, 5.74) is 0.908. The van der Waals surface area contributed by atoms with Gasteiger partial charge in [0, 0.05) is 22.2 Å². The smallest absolute Gasteiger partial charge is 0.254 e. The Kier molecular flexibility index (Phi) is 4.55. The van der Waals surface area contributed by atoms with Crippen LogP contribution >= 0.6 is 11.3 Å². The van der Waals surface area contributed by atoms with E-state index in [1.807, 2.05) is 6.92 Å². The van der Waals surface area contributed by atoms with Crippen molar-refractivity contribution in [1.82, 2.24) is 5.32 Å². The highest BCUT2D eigenvalue weighted by Crippen LogP contribution is 2.17. The molecule has 0 saturated carbocycles. The first-order valence-corrected chi connectivity index (χ1v) is 7.39. The zero-order valence-corrected chi connectivity index (χ0v) is 12.7. The average Bonchev–Trinajstić information content (AvgIpc) is 2.74. The Hall–Kier alpha value is -1.68. The number of halogens is 1. The lowest BCUT2D eigenvalue weighted by Crippen LogP contribution is -2.34. The van der Waals surface area contributed by atoms with Crippen LogP contribution in [0.2, 0.25) is 0 Å². The summed E-state index contributed by atoms with van der Waals surface area (Å²) in [5.74, 6) is -0.829. The maximum atomic E-state index is 13.7. The molecule has 106 valence electrons. The molecule has 2 rings (SSSR count). The Labute approximate surface area is 122 Å².